The first-order valence-electron chi connectivity index (χ1n) is 7.74. The Bertz CT molecular complexity index is 240. The molecule has 1 N–H and O–H groups in total. The molecule has 1 saturated carbocycles. The van der Waals surface area contributed by atoms with Crippen molar-refractivity contribution in [3.05, 3.63) is 0 Å². The molecule has 0 spiro atoms. The maximum atomic E-state index is 6.19. The zero-order chi connectivity index (χ0) is 13.8. The SMILES string of the molecule is CCNC1CC(OCCC(C)(C)C)C1(CC)CC. The summed E-state index contributed by atoms with van der Waals surface area (Å²) >= 11 is 0. The molecule has 18 heavy (non-hydrogen) atoms. The molecule has 0 aromatic carbocycles. The zero-order valence-electron chi connectivity index (χ0n) is 13.3. The zero-order valence-corrected chi connectivity index (χ0v) is 13.3. The van der Waals surface area contributed by atoms with Crippen LogP contribution in [0, 0.1) is 10.8 Å². The Kier molecular flexibility index (Phi) is 5.67. The van der Waals surface area contributed by atoms with Gasteiger partial charge >= 0.3 is 0 Å². The lowest BCUT2D eigenvalue weighted by Gasteiger charge is -2.55. The molecule has 0 bridgehead atoms. The van der Waals surface area contributed by atoms with Crippen molar-refractivity contribution in [2.75, 3.05) is 13.2 Å². The second kappa shape index (κ2) is 6.38. The van der Waals surface area contributed by atoms with E-state index in [9.17, 15) is 0 Å². The van der Waals surface area contributed by atoms with Crippen LogP contribution in [0.5, 0.6) is 0 Å². The van der Waals surface area contributed by atoms with Crippen molar-refractivity contribution in [2.24, 2.45) is 10.8 Å². The molecule has 0 aliphatic heterocycles. The van der Waals surface area contributed by atoms with E-state index in [1.807, 2.05) is 0 Å². The van der Waals surface area contributed by atoms with Crippen LogP contribution in [0.25, 0.3) is 0 Å². The highest BCUT2D eigenvalue weighted by molar-refractivity contribution is 5.06. The van der Waals surface area contributed by atoms with Gasteiger partial charge in [0.1, 0.15) is 0 Å². The molecule has 1 aliphatic carbocycles. The fraction of sp³-hybridized carbons (Fsp3) is 1.00. The van der Waals surface area contributed by atoms with Crippen LogP contribution in [0.4, 0.5) is 0 Å². The van der Waals surface area contributed by atoms with Gasteiger partial charge in [0, 0.05) is 18.1 Å². The summed E-state index contributed by atoms with van der Waals surface area (Å²) in [5.41, 5.74) is 0.764. The highest BCUT2D eigenvalue weighted by atomic mass is 16.5. The highest BCUT2D eigenvalue weighted by Crippen LogP contribution is 2.49. The van der Waals surface area contributed by atoms with Crippen LogP contribution in [0.2, 0.25) is 0 Å². The third kappa shape index (κ3) is 3.48. The molecule has 2 unspecified atom stereocenters. The number of ether oxygens (including phenoxy) is 1. The van der Waals surface area contributed by atoms with Gasteiger partial charge in [-0.1, -0.05) is 41.5 Å². The quantitative estimate of drug-likeness (QED) is 0.742. The van der Waals surface area contributed by atoms with E-state index in [2.05, 4.69) is 46.9 Å². The molecule has 2 nitrogen and oxygen atoms in total. The van der Waals surface area contributed by atoms with E-state index < -0.39 is 0 Å². The van der Waals surface area contributed by atoms with Crippen molar-refractivity contribution in [2.45, 2.75) is 79.4 Å². The molecular weight excluding hydrogens is 222 g/mol. The van der Waals surface area contributed by atoms with E-state index >= 15 is 0 Å². The first-order chi connectivity index (χ1) is 8.39. The maximum Gasteiger partial charge on any atom is 0.0661 e. The third-order valence-electron chi connectivity index (χ3n) is 4.72. The van der Waals surface area contributed by atoms with Crippen molar-refractivity contribution >= 4 is 0 Å². The molecule has 1 aliphatic rings. The predicted octanol–water partition coefficient (Wildman–Crippen LogP) is 4.00. The average molecular weight is 255 g/mol. The van der Waals surface area contributed by atoms with E-state index in [0.29, 0.717) is 23.0 Å². The lowest BCUT2D eigenvalue weighted by Crippen LogP contribution is -2.63. The van der Waals surface area contributed by atoms with Crippen molar-refractivity contribution in [1.82, 2.24) is 5.32 Å². The Hall–Kier alpha value is -0.0800. The maximum absolute atomic E-state index is 6.19. The fourth-order valence-corrected chi connectivity index (χ4v) is 3.22. The minimum Gasteiger partial charge on any atom is -0.377 e. The second-order valence-electron chi connectivity index (χ2n) is 6.96. The van der Waals surface area contributed by atoms with Gasteiger partial charge in [0.25, 0.3) is 0 Å². The molecule has 0 radical (unpaired) electrons. The summed E-state index contributed by atoms with van der Waals surface area (Å²) in [6.45, 7) is 15.7. The smallest absolute Gasteiger partial charge is 0.0661 e. The van der Waals surface area contributed by atoms with Gasteiger partial charge in [-0.05, 0) is 37.6 Å². The topological polar surface area (TPSA) is 21.3 Å². The van der Waals surface area contributed by atoms with Gasteiger partial charge in [-0.15, -0.1) is 0 Å². The van der Waals surface area contributed by atoms with Crippen LogP contribution in [0.3, 0.4) is 0 Å². The monoisotopic (exact) mass is 255 g/mol. The van der Waals surface area contributed by atoms with E-state index in [1.54, 1.807) is 0 Å². The van der Waals surface area contributed by atoms with Gasteiger partial charge < -0.3 is 10.1 Å². The molecule has 1 rings (SSSR count). The van der Waals surface area contributed by atoms with E-state index in [0.717, 1.165) is 19.6 Å². The summed E-state index contributed by atoms with van der Waals surface area (Å²) in [6.07, 6.45) is 5.26. The lowest BCUT2D eigenvalue weighted by molar-refractivity contribution is -0.143. The van der Waals surface area contributed by atoms with Crippen molar-refractivity contribution in [1.29, 1.82) is 0 Å². The van der Waals surface area contributed by atoms with E-state index in [4.69, 9.17) is 4.74 Å². The number of rotatable bonds is 7. The van der Waals surface area contributed by atoms with Gasteiger partial charge in [-0.3, -0.25) is 0 Å². The molecular formula is C16H33NO. The normalized spacial score (nSPS) is 27.0. The first-order valence-corrected chi connectivity index (χ1v) is 7.74. The first kappa shape index (κ1) is 16.0. The standard InChI is InChI=1S/C16H33NO/c1-7-16(8-2)13(17-9-3)12-14(16)18-11-10-15(4,5)6/h13-14,17H,7-12H2,1-6H3. The summed E-state index contributed by atoms with van der Waals surface area (Å²) in [6, 6.07) is 0.664. The highest BCUT2D eigenvalue weighted by Gasteiger charge is 2.52. The summed E-state index contributed by atoms with van der Waals surface area (Å²) < 4.78 is 6.19. The molecule has 0 aromatic rings. The van der Waals surface area contributed by atoms with Gasteiger partial charge in [0.2, 0.25) is 0 Å². The molecule has 2 heteroatoms. The molecule has 108 valence electrons. The fourth-order valence-electron chi connectivity index (χ4n) is 3.22. The number of hydrogen-bond donors (Lipinski definition) is 1. The number of nitrogens with one attached hydrogen (secondary N) is 1. The summed E-state index contributed by atoms with van der Waals surface area (Å²) in [5.74, 6) is 0. The van der Waals surface area contributed by atoms with Crippen LogP contribution in [0.15, 0.2) is 0 Å². The van der Waals surface area contributed by atoms with Gasteiger partial charge in [-0.2, -0.15) is 0 Å². The molecule has 0 aromatic heterocycles. The minimum atomic E-state index is 0.381. The Morgan fingerprint density at radius 1 is 1.17 bits per heavy atom. The largest absolute Gasteiger partial charge is 0.377 e. The Morgan fingerprint density at radius 2 is 1.78 bits per heavy atom. The minimum absolute atomic E-state index is 0.381. The predicted molar refractivity (Wildman–Crippen MR) is 78.9 cm³/mol. The van der Waals surface area contributed by atoms with Crippen LogP contribution < -0.4 is 5.32 Å². The van der Waals surface area contributed by atoms with E-state index in [-0.39, 0.29) is 0 Å². The van der Waals surface area contributed by atoms with Crippen LogP contribution in [-0.2, 0) is 4.74 Å². The van der Waals surface area contributed by atoms with Crippen LogP contribution in [0.1, 0.15) is 67.2 Å². The molecule has 0 amide bonds. The van der Waals surface area contributed by atoms with Crippen LogP contribution in [-0.4, -0.2) is 25.3 Å². The molecule has 1 fully saturated rings. The number of hydrogen-bond acceptors (Lipinski definition) is 2. The van der Waals surface area contributed by atoms with Crippen molar-refractivity contribution in [3.8, 4) is 0 Å². The molecule has 0 heterocycles. The molecule has 0 saturated heterocycles. The van der Waals surface area contributed by atoms with Crippen LogP contribution >= 0.6 is 0 Å². The summed E-state index contributed by atoms with van der Waals surface area (Å²) in [5, 5.41) is 3.63. The summed E-state index contributed by atoms with van der Waals surface area (Å²) in [4.78, 5) is 0. The van der Waals surface area contributed by atoms with Crippen molar-refractivity contribution < 1.29 is 4.74 Å². The lowest BCUT2D eigenvalue weighted by atomic mass is 9.58. The van der Waals surface area contributed by atoms with Gasteiger partial charge in [0.05, 0.1) is 6.10 Å². The average Bonchev–Trinajstić information content (AvgIpc) is 2.27. The summed E-state index contributed by atoms with van der Waals surface area (Å²) in [7, 11) is 0. The van der Waals surface area contributed by atoms with Gasteiger partial charge in [-0.25, -0.2) is 0 Å². The third-order valence-corrected chi connectivity index (χ3v) is 4.72. The van der Waals surface area contributed by atoms with E-state index in [1.165, 1.54) is 19.3 Å². The second-order valence-corrected chi connectivity index (χ2v) is 6.96. The van der Waals surface area contributed by atoms with Crippen molar-refractivity contribution in [3.63, 3.8) is 0 Å². The Balaban J connectivity index is 2.47. The molecule has 2 atom stereocenters. The van der Waals surface area contributed by atoms with Gasteiger partial charge in [0.15, 0.2) is 0 Å². The Labute approximate surface area is 114 Å². The Morgan fingerprint density at radius 3 is 2.22 bits per heavy atom.